The molecular weight excluding hydrogens is 254 g/mol. The molecule has 112 valence electrons. The molecule has 3 N–H and O–H groups in total. The summed E-state index contributed by atoms with van der Waals surface area (Å²) in [6.07, 6.45) is 5.90. The van der Waals surface area contributed by atoms with Gasteiger partial charge in [-0.2, -0.15) is 0 Å². The van der Waals surface area contributed by atoms with Crippen LogP contribution in [0.25, 0.3) is 0 Å². The van der Waals surface area contributed by atoms with Crippen molar-refractivity contribution in [2.24, 2.45) is 11.8 Å². The zero-order valence-corrected chi connectivity index (χ0v) is 12.4. The van der Waals surface area contributed by atoms with Crippen LogP contribution in [0.1, 0.15) is 31.7 Å². The number of aromatic nitrogens is 2. The van der Waals surface area contributed by atoms with Gasteiger partial charge in [0.15, 0.2) is 0 Å². The van der Waals surface area contributed by atoms with Crippen molar-refractivity contribution in [1.29, 1.82) is 0 Å². The number of hydrogen-bond acceptors (Lipinski definition) is 6. The molecule has 1 saturated heterocycles. The smallest absolute Gasteiger partial charge is 0.148 e. The number of nitrogens with zero attached hydrogens (tertiary/aromatic N) is 3. The maximum Gasteiger partial charge on any atom is 0.148 e. The van der Waals surface area contributed by atoms with Gasteiger partial charge in [0.25, 0.3) is 0 Å². The molecule has 1 aliphatic heterocycles. The standard InChI is InChI=1S/C14H25N5O/c1-3-5-12-13(18-15)16-10-17-14(12)19(2)8-11-6-4-7-20-9-11/h10-11H,3-9,15H2,1-2H3,(H,16,17,18). The van der Waals surface area contributed by atoms with Crippen LogP contribution >= 0.6 is 0 Å². The SMILES string of the molecule is CCCc1c(NN)ncnc1N(C)CC1CCCOC1. The Balaban J connectivity index is 2.13. The molecule has 1 fully saturated rings. The van der Waals surface area contributed by atoms with Crippen LogP contribution in [0.15, 0.2) is 6.33 Å². The number of ether oxygens (including phenoxy) is 1. The van der Waals surface area contributed by atoms with Crippen molar-refractivity contribution in [2.75, 3.05) is 37.1 Å². The Morgan fingerprint density at radius 1 is 1.50 bits per heavy atom. The molecule has 1 aromatic rings. The molecule has 2 rings (SSSR count). The molecule has 0 amide bonds. The Bertz CT molecular complexity index is 420. The van der Waals surface area contributed by atoms with Gasteiger partial charge in [0.2, 0.25) is 0 Å². The van der Waals surface area contributed by atoms with Gasteiger partial charge in [-0.15, -0.1) is 0 Å². The first kappa shape index (κ1) is 15.0. The van der Waals surface area contributed by atoms with E-state index >= 15 is 0 Å². The molecule has 0 spiro atoms. The lowest BCUT2D eigenvalue weighted by Gasteiger charge is -2.29. The normalized spacial score (nSPS) is 18.9. The van der Waals surface area contributed by atoms with Crippen LogP contribution < -0.4 is 16.2 Å². The summed E-state index contributed by atoms with van der Waals surface area (Å²) in [6.45, 7) is 4.85. The summed E-state index contributed by atoms with van der Waals surface area (Å²) in [7, 11) is 2.08. The van der Waals surface area contributed by atoms with Gasteiger partial charge in [0, 0.05) is 25.8 Å². The molecule has 0 radical (unpaired) electrons. The largest absolute Gasteiger partial charge is 0.381 e. The van der Waals surface area contributed by atoms with E-state index in [1.54, 1.807) is 6.33 Å². The first-order chi connectivity index (χ1) is 9.76. The van der Waals surface area contributed by atoms with Crippen LogP contribution in [0.4, 0.5) is 11.6 Å². The van der Waals surface area contributed by atoms with E-state index in [0.717, 1.165) is 56.2 Å². The van der Waals surface area contributed by atoms with Crippen molar-refractivity contribution < 1.29 is 4.74 Å². The molecule has 1 unspecified atom stereocenters. The van der Waals surface area contributed by atoms with Crippen LogP contribution in [0.3, 0.4) is 0 Å². The van der Waals surface area contributed by atoms with Crippen LogP contribution in [-0.4, -0.2) is 36.8 Å². The van der Waals surface area contributed by atoms with Crippen molar-refractivity contribution >= 4 is 11.6 Å². The quantitative estimate of drug-likeness (QED) is 0.608. The predicted octanol–water partition coefficient (Wildman–Crippen LogP) is 1.58. The highest BCUT2D eigenvalue weighted by Crippen LogP contribution is 2.25. The van der Waals surface area contributed by atoms with Crippen molar-refractivity contribution in [3.05, 3.63) is 11.9 Å². The average molecular weight is 279 g/mol. The van der Waals surface area contributed by atoms with Gasteiger partial charge in [-0.05, 0) is 25.2 Å². The van der Waals surface area contributed by atoms with Gasteiger partial charge in [-0.3, -0.25) is 0 Å². The number of hydrogen-bond donors (Lipinski definition) is 2. The van der Waals surface area contributed by atoms with Crippen LogP contribution in [0.5, 0.6) is 0 Å². The Kier molecular flexibility index (Phi) is 5.55. The third kappa shape index (κ3) is 3.58. The van der Waals surface area contributed by atoms with Gasteiger partial charge in [-0.1, -0.05) is 13.3 Å². The maximum absolute atomic E-state index is 5.56. The van der Waals surface area contributed by atoms with Crippen molar-refractivity contribution in [3.8, 4) is 0 Å². The summed E-state index contributed by atoms with van der Waals surface area (Å²) in [5.41, 5.74) is 3.77. The fourth-order valence-corrected chi connectivity index (χ4v) is 2.76. The molecule has 0 bridgehead atoms. The van der Waals surface area contributed by atoms with Gasteiger partial charge in [0.1, 0.15) is 18.0 Å². The molecule has 20 heavy (non-hydrogen) atoms. The molecule has 0 aromatic carbocycles. The highest BCUT2D eigenvalue weighted by molar-refractivity contribution is 5.58. The van der Waals surface area contributed by atoms with Gasteiger partial charge >= 0.3 is 0 Å². The van der Waals surface area contributed by atoms with Crippen molar-refractivity contribution in [3.63, 3.8) is 0 Å². The van der Waals surface area contributed by atoms with E-state index in [2.05, 4.69) is 34.3 Å². The van der Waals surface area contributed by atoms with Gasteiger partial charge in [-0.25, -0.2) is 15.8 Å². The number of nitrogen functional groups attached to an aromatic ring is 1. The Hall–Kier alpha value is -1.40. The monoisotopic (exact) mass is 279 g/mol. The van der Waals surface area contributed by atoms with Crippen LogP contribution in [0.2, 0.25) is 0 Å². The highest BCUT2D eigenvalue weighted by Gasteiger charge is 2.19. The van der Waals surface area contributed by atoms with Gasteiger partial charge in [0.05, 0.1) is 6.61 Å². The average Bonchev–Trinajstić information content (AvgIpc) is 2.48. The zero-order valence-electron chi connectivity index (χ0n) is 12.4. The molecule has 0 saturated carbocycles. The minimum atomic E-state index is 0.576. The molecule has 1 aliphatic rings. The van der Waals surface area contributed by atoms with E-state index < -0.39 is 0 Å². The minimum Gasteiger partial charge on any atom is -0.381 e. The molecule has 1 aromatic heterocycles. The summed E-state index contributed by atoms with van der Waals surface area (Å²) in [5, 5.41) is 0. The van der Waals surface area contributed by atoms with Crippen molar-refractivity contribution in [2.45, 2.75) is 32.6 Å². The van der Waals surface area contributed by atoms with E-state index in [4.69, 9.17) is 10.6 Å². The van der Waals surface area contributed by atoms with E-state index in [0.29, 0.717) is 5.92 Å². The van der Waals surface area contributed by atoms with Crippen LogP contribution in [0, 0.1) is 5.92 Å². The summed E-state index contributed by atoms with van der Waals surface area (Å²) >= 11 is 0. The molecule has 6 nitrogen and oxygen atoms in total. The maximum atomic E-state index is 5.56. The number of nitrogens with one attached hydrogen (secondary N) is 1. The lowest BCUT2D eigenvalue weighted by Crippen LogP contribution is -2.32. The minimum absolute atomic E-state index is 0.576. The van der Waals surface area contributed by atoms with Crippen molar-refractivity contribution in [1.82, 2.24) is 9.97 Å². The summed E-state index contributed by atoms with van der Waals surface area (Å²) in [6, 6.07) is 0. The number of nitrogens with two attached hydrogens (primary N) is 1. The summed E-state index contributed by atoms with van der Waals surface area (Å²) < 4.78 is 5.55. The Morgan fingerprint density at radius 2 is 2.35 bits per heavy atom. The second-order valence-electron chi connectivity index (χ2n) is 5.38. The van der Waals surface area contributed by atoms with Gasteiger partial charge < -0.3 is 15.1 Å². The second-order valence-corrected chi connectivity index (χ2v) is 5.38. The lowest BCUT2D eigenvalue weighted by molar-refractivity contribution is 0.0576. The molecular formula is C14H25N5O. The highest BCUT2D eigenvalue weighted by atomic mass is 16.5. The fraction of sp³-hybridized carbons (Fsp3) is 0.714. The van der Waals surface area contributed by atoms with E-state index in [1.165, 1.54) is 6.42 Å². The van der Waals surface area contributed by atoms with E-state index in [-0.39, 0.29) is 0 Å². The first-order valence-electron chi connectivity index (χ1n) is 7.35. The summed E-state index contributed by atoms with van der Waals surface area (Å²) in [4.78, 5) is 10.9. The zero-order chi connectivity index (χ0) is 14.4. The first-order valence-corrected chi connectivity index (χ1v) is 7.35. The molecule has 0 aliphatic carbocycles. The molecule has 6 heteroatoms. The summed E-state index contributed by atoms with van der Waals surface area (Å²) in [5.74, 6) is 7.83. The molecule has 2 heterocycles. The predicted molar refractivity (Wildman–Crippen MR) is 80.7 cm³/mol. The Morgan fingerprint density at radius 3 is 3.00 bits per heavy atom. The fourth-order valence-electron chi connectivity index (χ4n) is 2.76. The number of rotatable bonds is 6. The second kappa shape index (κ2) is 7.40. The number of hydrazine groups is 1. The van der Waals surface area contributed by atoms with E-state index in [1.807, 2.05) is 0 Å². The number of anilines is 2. The van der Waals surface area contributed by atoms with Crippen LogP contribution in [-0.2, 0) is 11.2 Å². The topological polar surface area (TPSA) is 76.3 Å². The third-order valence-corrected chi connectivity index (χ3v) is 3.71. The third-order valence-electron chi connectivity index (χ3n) is 3.71. The molecule has 1 atom stereocenters. The lowest BCUT2D eigenvalue weighted by atomic mass is 10.0. The van der Waals surface area contributed by atoms with E-state index in [9.17, 15) is 0 Å². The Labute approximate surface area is 120 Å².